The quantitative estimate of drug-likeness (QED) is 0.538. The Kier molecular flexibility index (Phi) is 5.10. The number of rotatable bonds is 5. The predicted molar refractivity (Wildman–Crippen MR) is 116 cm³/mol. The Morgan fingerprint density at radius 1 is 0.867 bits per heavy atom. The van der Waals surface area contributed by atoms with Gasteiger partial charge in [0.15, 0.2) is 0 Å². The van der Waals surface area contributed by atoms with Crippen LogP contribution >= 0.6 is 0 Å². The van der Waals surface area contributed by atoms with E-state index >= 15 is 0 Å². The highest BCUT2D eigenvalue weighted by Crippen LogP contribution is 2.26. The fourth-order valence-corrected chi connectivity index (χ4v) is 3.13. The number of carbonyl (C=O) groups is 1. The van der Waals surface area contributed by atoms with Crippen molar-refractivity contribution in [2.75, 3.05) is 19.5 Å². The summed E-state index contributed by atoms with van der Waals surface area (Å²) in [5, 5.41) is 12.1. The van der Waals surface area contributed by atoms with Gasteiger partial charge in [-0.2, -0.15) is 4.80 Å². The molecule has 152 valence electrons. The lowest BCUT2D eigenvalue weighted by atomic mass is 10.1. The molecule has 0 aliphatic rings. The molecule has 0 saturated carbocycles. The lowest BCUT2D eigenvalue weighted by molar-refractivity contribution is 0.102. The minimum absolute atomic E-state index is 0.263. The van der Waals surface area contributed by atoms with E-state index in [-0.39, 0.29) is 5.91 Å². The normalized spacial score (nSPS) is 10.8. The van der Waals surface area contributed by atoms with Crippen LogP contribution in [0.2, 0.25) is 0 Å². The van der Waals surface area contributed by atoms with Crippen molar-refractivity contribution in [3.8, 4) is 17.2 Å². The molecule has 4 aromatic rings. The molecule has 0 radical (unpaired) electrons. The lowest BCUT2D eigenvalue weighted by Gasteiger charge is -2.11. The van der Waals surface area contributed by atoms with Crippen molar-refractivity contribution < 1.29 is 14.3 Å². The molecule has 1 aromatic heterocycles. The Bertz CT molecular complexity index is 1210. The Hall–Kier alpha value is -3.87. The summed E-state index contributed by atoms with van der Waals surface area (Å²) in [4.78, 5) is 14.4. The monoisotopic (exact) mass is 402 g/mol. The molecule has 0 aliphatic heterocycles. The molecule has 0 fully saturated rings. The van der Waals surface area contributed by atoms with Crippen LogP contribution in [0.5, 0.6) is 11.5 Å². The second kappa shape index (κ2) is 7.87. The maximum Gasteiger partial charge on any atom is 0.255 e. The van der Waals surface area contributed by atoms with E-state index in [4.69, 9.17) is 9.47 Å². The summed E-state index contributed by atoms with van der Waals surface area (Å²) in [5.74, 6) is 0.834. The number of aromatic nitrogens is 3. The molecule has 3 aromatic carbocycles. The minimum Gasteiger partial charge on any atom is -0.497 e. The third-order valence-corrected chi connectivity index (χ3v) is 4.85. The van der Waals surface area contributed by atoms with Crippen molar-refractivity contribution in [2.45, 2.75) is 13.8 Å². The van der Waals surface area contributed by atoms with Crippen molar-refractivity contribution in [1.29, 1.82) is 0 Å². The summed E-state index contributed by atoms with van der Waals surface area (Å²) in [5.41, 5.74) is 5.50. The van der Waals surface area contributed by atoms with E-state index in [0.29, 0.717) is 28.3 Å². The van der Waals surface area contributed by atoms with Gasteiger partial charge in [0.1, 0.15) is 22.5 Å². The zero-order valence-electron chi connectivity index (χ0n) is 17.3. The second-order valence-electron chi connectivity index (χ2n) is 7.04. The highest BCUT2D eigenvalue weighted by molar-refractivity contribution is 6.06. The van der Waals surface area contributed by atoms with Gasteiger partial charge in [-0.1, -0.05) is 17.7 Å². The van der Waals surface area contributed by atoms with Crippen LogP contribution in [-0.2, 0) is 0 Å². The van der Waals surface area contributed by atoms with Crippen LogP contribution in [-0.4, -0.2) is 35.1 Å². The largest absolute Gasteiger partial charge is 0.497 e. The third kappa shape index (κ3) is 3.82. The summed E-state index contributed by atoms with van der Waals surface area (Å²) < 4.78 is 10.5. The first-order valence-electron chi connectivity index (χ1n) is 9.46. The lowest BCUT2D eigenvalue weighted by Crippen LogP contribution is -2.13. The first-order valence-corrected chi connectivity index (χ1v) is 9.46. The molecule has 0 aliphatic carbocycles. The van der Waals surface area contributed by atoms with Crippen LogP contribution in [0.15, 0.2) is 54.6 Å². The fourth-order valence-electron chi connectivity index (χ4n) is 3.13. The van der Waals surface area contributed by atoms with Crippen LogP contribution in [0.4, 0.5) is 5.69 Å². The van der Waals surface area contributed by atoms with E-state index in [2.05, 4.69) is 15.5 Å². The molecule has 30 heavy (non-hydrogen) atoms. The van der Waals surface area contributed by atoms with Gasteiger partial charge in [-0.3, -0.25) is 4.79 Å². The Labute approximate surface area is 174 Å². The molecule has 7 heteroatoms. The fraction of sp³-hybridized carbons (Fsp3) is 0.174. The molecule has 0 bridgehead atoms. The Morgan fingerprint density at radius 3 is 2.07 bits per heavy atom. The van der Waals surface area contributed by atoms with E-state index < -0.39 is 0 Å². The van der Waals surface area contributed by atoms with Crippen molar-refractivity contribution in [1.82, 2.24) is 15.0 Å². The van der Waals surface area contributed by atoms with Crippen LogP contribution in [0.25, 0.3) is 16.7 Å². The van der Waals surface area contributed by atoms with Crippen LogP contribution in [0, 0.1) is 13.8 Å². The number of nitrogens with one attached hydrogen (secondary N) is 1. The van der Waals surface area contributed by atoms with E-state index in [1.54, 1.807) is 37.2 Å². The van der Waals surface area contributed by atoms with E-state index in [1.165, 1.54) is 5.56 Å². The van der Waals surface area contributed by atoms with Crippen LogP contribution in [0.1, 0.15) is 21.5 Å². The topological polar surface area (TPSA) is 78.3 Å². The summed E-state index contributed by atoms with van der Waals surface area (Å²) in [6.07, 6.45) is 0. The number of anilines is 1. The molecule has 0 unspecified atom stereocenters. The number of methoxy groups -OCH3 is 2. The first-order chi connectivity index (χ1) is 14.5. The molecule has 0 saturated heterocycles. The smallest absolute Gasteiger partial charge is 0.255 e. The molecular formula is C23H22N4O3. The molecule has 1 heterocycles. The van der Waals surface area contributed by atoms with Crippen molar-refractivity contribution in [3.63, 3.8) is 0 Å². The molecule has 1 N–H and O–H groups in total. The van der Waals surface area contributed by atoms with E-state index in [0.717, 1.165) is 16.8 Å². The maximum absolute atomic E-state index is 12.8. The average molecular weight is 402 g/mol. The highest BCUT2D eigenvalue weighted by Gasteiger charge is 2.14. The number of aryl methyl sites for hydroxylation is 2. The standard InChI is InChI=1S/C23H22N4O3/c1-14-5-7-17(8-6-14)27-25-21-9-15(2)20(13-22(21)26-27)24-23(28)16-10-18(29-3)12-19(11-16)30-4/h5-13H,1-4H3,(H,24,28). The Morgan fingerprint density at radius 2 is 1.47 bits per heavy atom. The zero-order chi connectivity index (χ0) is 21.3. The van der Waals surface area contributed by atoms with Gasteiger partial charge in [-0.05, 0) is 55.8 Å². The van der Waals surface area contributed by atoms with Gasteiger partial charge < -0.3 is 14.8 Å². The number of nitrogens with zero attached hydrogens (tertiary/aromatic N) is 3. The molecule has 0 spiro atoms. The van der Waals surface area contributed by atoms with Crippen molar-refractivity contribution >= 4 is 22.6 Å². The summed E-state index contributed by atoms with van der Waals surface area (Å²) >= 11 is 0. The number of amides is 1. The summed E-state index contributed by atoms with van der Waals surface area (Å²) in [7, 11) is 3.10. The molecule has 7 nitrogen and oxygen atoms in total. The predicted octanol–water partition coefficient (Wildman–Crippen LogP) is 4.31. The number of carbonyl (C=O) groups excluding carboxylic acids is 1. The van der Waals surface area contributed by atoms with Crippen molar-refractivity contribution in [3.05, 3.63) is 71.3 Å². The summed E-state index contributed by atoms with van der Waals surface area (Å²) in [6, 6.07) is 16.8. The SMILES string of the molecule is COc1cc(OC)cc(C(=O)Nc2cc3nn(-c4ccc(C)cc4)nc3cc2C)c1. The van der Waals surface area contributed by atoms with Gasteiger partial charge in [-0.15, -0.1) is 10.2 Å². The van der Waals surface area contributed by atoms with Gasteiger partial charge in [0.25, 0.3) is 5.91 Å². The van der Waals surface area contributed by atoms with Gasteiger partial charge in [0.2, 0.25) is 0 Å². The summed E-state index contributed by atoms with van der Waals surface area (Å²) in [6.45, 7) is 3.96. The Balaban J connectivity index is 1.65. The second-order valence-corrected chi connectivity index (χ2v) is 7.04. The van der Waals surface area contributed by atoms with Gasteiger partial charge in [0, 0.05) is 17.3 Å². The van der Waals surface area contributed by atoms with Crippen molar-refractivity contribution in [2.24, 2.45) is 0 Å². The molecule has 4 rings (SSSR count). The third-order valence-electron chi connectivity index (χ3n) is 4.85. The average Bonchev–Trinajstić information content (AvgIpc) is 3.16. The maximum atomic E-state index is 12.8. The van der Waals surface area contributed by atoms with Crippen LogP contribution < -0.4 is 14.8 Å². The number of benzene rings is 3. The van der Waals surface area contributed by atoms with E-state index in [9.17, 15) is 4.79 Å². The number of ether oxygens (including phenoxy) is 2. The number of fused-ring (bicyclic) bond motifs is 1. The molecule has 1 amide bonds. The van der Waals surface area contributed by atoms with E-state index in [1.807, 2.05) is 50.2 Å². The highest BCUT2D eigenvalue weighted by atomic mass is 16.5. The molecular weight excluding hydrogens is 380 g/mol. The minimum atomic E-state index is -0.263. The number of hydrogen-bond donors (Lipinski definition) is 1. The first kappa shape index (κ1) is 19.4. The van der Waals surface area contributed by atoms with Crippen LogP contribution in [0.3, 0.4) is 0 Å². The van der Waals surface area contributed by atoms with Gasteiger partial charge >= 0.3 is 0 Å². The van der Waals surface area contributed by atoms with Gasteiger partial charge in [0.05, 0.1) is 19.9 Å². The zero-order valence-corrected chi connectivity index (χ0v) is 17.3. The molecule has 0 atom stereocenters. The van der Waals surface area contributed by atoms with Gasteiger partial charge in [-0.25, -0.2) is 0 Å². The number of hydrogen-bond acceptors (Lipinski definition) is 5.